The molecule has 1 aromatic carbocycles. The summed E-state index contributed by atoms with van der Waals surface area (Å²) in [4.78, 5) is 12.4. The molecule has 27 heavy (non-hydrogen) atoms. The number of hydrogen-bond acceptors (Lipinski definition) is 5. The second-order valence-electron chi connectivity index (χ2n) is 6.29. The first kappa shape index (κ1) is 18.3. The summed E-state index contributed by atoms with van der Waals surface area (Å²) in [5.41, 5.74) is 2.34. The van der Waals surface area contributed by atoms with E-state index in [2.05, 4.69) is 5.10 Å². The lowest BCUT2D eigenvalue weighted by molar-refractivity contribution is 0.0799. The van der Waals surface area contributed by atoms with Crippen LogP contribution in [-0.4, -0.2) is 39.0 Å². The summed E-state index contributed by atoms with van der Waals surface area (Å²) in [6, 6.07) is 8.73. The van der Waals surface area contributed by atoms with Gasteiger partial charge < -0.3 is 14.7 Å². The van der Waals surface area contributed by atoms with Crippen molar-refractivity contribution in [2.45, 2.75) is 32.7 Å². The van der Waals surface area contributed by atoms with E-state index < -0.39 is 6.09 Å². The van der Waals surface area contributed by atoms with Gasteiger partial charge in [-0.3, -0.25) is 4.68 Å². The fourth-order valence-electron chi connectivity index (χ4n) is 3.15. The highest BCUT2D eigenvalue weighted by Crippen LogP contribution is 2.34. The predicted octanol–water partition coefficient (Wildman–Crippen LogP) is 3.08. The van der Waals surface area contributed by atoms with Gasteiger partial charge >= 0.3 is 6.09 Å². The molecule has 0 aliphatic carbocycles. The van der Waals surface area contributed by atoms with Gasteiger partial charge in [-0.05, 0) is 31.0 Å². The molecule has 1 amide bonds. The van der Waals surface area contributed by atoms with Crippen LogP contribution in [0.5, 0.6) is 11.5 Å². The topological polar surface area (TPSA) is 115 Å². The summed E-state index contributed by atoms with van der Waals surface area (Å²) in [5, 5.41) is 32.0. The number of nitriles is 2. The Hall–Kier alpha value is -3.52. The van der Waals surface area contributed by atoms with Gasteiger partial charge in [0.15, 0.2) is 5.75 Å². The number of aryl methyl sites for hydroxylation is 1. The van der Waals surface area contributed by atoms with E-state index in [0.29, 0.717) is 48.6 Å². The van der Waals surface area contributed by atoms with Gasteiger partial charge in [0, 0.05) is 13.1 Å². The minimum Gasteiger partial charge on any atom is -0.465 e. The van der Waals surface area contributed by atoms with Crippen LogP contribution in [0.15, 0.2) is 18.2 Å². The van der Waals surface area contributed by atoms with Crippen molar-refractivity contribution < 1.29 is 14.6 Å². The van der Waals surface area contributed by atoms with Crippen molar-refractivity contribution in [2.75, 3.05) is 13.1 Å². The highest BCUT2D eigenvalue weighted by molar-refractivity contribution is 5.66. The summed E-state index contributed by atoms with van der Waals surface area (Å²) in [7, 11) is 0. The van der Waals surface area contributed by atoms with E-state index in [1.165, 1.54) is 11.0 Å². The number of benzene rings is 1. The third-order valence-electron chi connectivity index (χ3n) is 4.56. The molecule has 0 radical (unpaired) electrons. The molecule has 138 valence electrons. The SMILES string of the molecule is CCc1nn(C2CN(C(=O)O)C2)c(CC)c1Oc1cc(C#N)cc(C#N)c1. The largest absolute Gasteiger partial charge is 0.465 e. The monoisotopic (exact) mass is 365 g/mol. The third kappa shape index (κ3) is 3.42. The van der Waals surface area contributed by atoms with Crippen LogP contribution in [0.25, 0.3) is 0 Å². The molecule has 0 atom stereocenters. The van der Waals surface area contributed by atoms with Crippen LogP contribution in [-0.2, 0) is 12.8 Å². The molecule has 1 aromatic heterocycles. The Labute approximate surface area is 156 Å². The Morgan fingerprint density at radius 2 is 1.85 bits per heavy atom. The summed E-state index contributed by atoms with van der Waals surface area (Å²) in [6.45, 7) is 4.75. The van der Waals surface area contributed by atoms with Gasteiger partial charge in [0.1, 0.15) is 11.4 Å². The molecule has 8 nitrogen and oxygen atoms in total. The van der Waals surface area contributed by atoms with Crippen molar-refractivity contribution >= 4 is 6.09 Å². The highest BCUT2D eigenvalue weighted by Gasteiger charge is 2.35. The zero-order chi connectivity index (χ0) is 19.6. The lowest BCUT2D eigenvalue weighted by Crippen LogP contribution is -2.50. The van der Waals surface area contributed by atoms with Crippen molar-refractivity contribution in [3.8, 4) is 23.6 Å². The second kappa shape index (κ2) is 7.38. The van der Waals surface area contributed by atoms with Crippen LogP contribution in [0, 0.1) is 22.7 Å². The number of carbonyl (C=O) groups is 1. The van der Waals surface area contributed by atoms with E-state index >= 15 is 0 Å². The number of likely N-dealkylation sites (tertiary alicyclic amines) is 1. The summed E-state index contributed by atoms with van der Waals surface area (Å²) < 4.78 is 7.92. The molecular formula is C19H19N5O3. The minimum atomic E-state index is -0.930. The lowest BCUT2D eigenvalue weighted by Gasteiger charge is -2.37. The van der Waals surface area contributed by atoms with Gasteiger partial charge in [0.05, 0.1) is 35.0 Å². The number of ether oxygens (including phenoxy) is 1. The van der Waals surface area contributed by atoms with Gasteiger partial charge in [0.25, 0.3) is 0 Å². The first-order chi connectivity index (χ1) is 13.0. The number of hydrogen-bond donors (Lipinski definition) is 1. The molecule has 2 heterocycles. The molecule has 0 bridgehead atoms. The summed E-state index contributed by atoms with van der Waals surface area (Å²) in [6.07, 6.45) is 0.379. The third-order valence-corrected chi connectivity index (χ3v) is 4.56. The maximum absolute atomic E-state index is 11.0. The molecule has 2 aromatic rings. The number of amides is 1. The molecule has 3 rings (SSSR count). The molecule has 0 spiro atoms. The summed E-state index contributed by atoms with van der Waals surface area (Å²) in [5.74, 6) is 1.03. The summed E-state index contributed by atoms with van der Waals surface area (Å²) >= 11 is 0. The maximum atomic E-state index is 11.0. The first-order valence-electron chi connectivity index (χ1n) is 8.71. The number of rotatable bonds is 5. The fourth-order valence-corrected chi connectivity index (χ4v) is 3.15. The maximum Gasteiger partial charge on any atom is 0.407 e. The molecule has 1 saturated heterocycles. The number of nitrogens with zero attached hydrogens (tertiary/aromatic N) is 5. The van der Waals surface area contributed by atoms with E-state index in [0.717, 1.165) is 11.4 Å². The van der Waals surface area contributed by atoms with Gasteiger partial charge in [-0.2, -0.15) is 15.6 Å². The standard InChI is InChI=1S/C19H19N5O3/c1-3-16-18(27-15-6-12(8-20)5-13(7-15)9-21)17(4-2)24(22-16)14-10-23(11-14)19(25)26/h5-7,14H,3-4,10-11H2,1-2H3,(H,25,26). The number of carboxylic acid groups (broad SMARTS) is 1. The molecule has 8 heteroatoms. The zero-order valence-corrected chi connectivity index (χ0v) is 15.1. The quantitative estimate of drug-likeness (QED) is 0.870. The van der Waals surface area contributed by atoms with Gasteiger partial charge in [-0.15, -0.1) is 0 Å². The van der Waals surface area contributed by atoms with Crippen molar-refractivity contribution in [1.29, 1.82) is 10.5 Å². The van der Waals surface area contributed by atoms with Gasteiger partial charge in [0.2, 0.25) is 0 Å². The van der Waals surface area contributed by atoms with Crippen LogP contribution in [0.2, 0.25) is 0 Å². The average Bonchev–Trinajstić information content (AvgIpc) is 2.96. The van der Waals surface area contributed by atoms with Crippen molar-refractivity contribution in [3.05, 3.63) is 40.7 Å². The molecule has 1 N–H and O–H groups in total. The van der Waals surface area contributed by atoms with Crippen molar-refractivity contribution in [2.24, 2.45) is 0 Å². The molecule has 1 aliphatic rings. The van der Waals surface area contributed by atoms with Crippen LogP contribution in [0.4, 0.5) is 4.79 Å². The molecule has 0 unspecified atom stereocenters. The van der Waals surface area contributed by atoms with E-state index in [-0.39, 0.29) is 6.04 Å². The van der Waals surface area contributed by atoms with Gasteiger partial charge in [-0.25, -0.2) is 4.79 Å². The van der Waals surface area contributed by atoms with Crippen LogP contribution in [0.3, 0.4) is 0 Å². The Balaban J connectivity index is 1.95. The molecule has 1 fully saturated rings. The van der Waals surface area contributed by atoms with E-state index in [9.17, 15) is 4.79 Å². The van der Waals surface area contributed by atoms with E-state index in [4.69, 9.17) is 20.4 Å². The first-order valence-corrected chi connectivity index (χ1v) is 8.71. The molecular weight excluding hydrogens is 346 g/mol. The number of aromatic nitrogens is 2. The highest BCUT2D eigenvalue weighted by atomic mass is 16.5. The zero-order valence-electron chi connectivity index (χ0n) is 15.1. The smallest absolute Gasteiger partial charge is 0.407 e. The minimum absolute atomic E-state index is 0.0150. The Kier molecular flexibility index (Phi) is 5.00. The second-order valence-corrected chi connectivity index (χ2v) is 6.29. The lowest BCUT2D eigenvalue weighted by atomic mass is 10.1. The molecule has 1 aliphatic heterocycles. The van der Waals surface area contributed by atoms with Crippen molar-refractivity contribution in [1.82, 2.24) is 14.7 Å². The van der Waals surface area contributed by atoms with Crippen molar-refractivity contribution in [3.63, 3.8) is 0 Å². The Bertz CT molecular complexity index is 929. The van der Waals surface area contributed by atoms with E-state index in [1.54, 1.807) is 12.1 Å². The Morgan fingerprint density at radius 1 is 1.22 bits per heavy atom. The molecule has 0 saturated carbocycles. The van der Waals surface area contributed by atoms with Crippen LogP contribution >= 0.6 is 0 Å². The van der Waals surface area contributed by atoms with Crippen LogP contribution < -0.4 is 4.74 Å². The predicted molar refractivity (Wildman–Crippen MR) is 95.6 cm³/mol. The fraction of sp³-hybridized carbons (Fsp3) is 0.368. The van der Waals surface area contributed by atoms with Crippen LogP contribution in [0.1, 0.15) is 42.4 Å². The Morgan fingerprint density at radius 3 is 2.33 bits per heavy atom. The van der Waals surface area contributed by atoms with E-state index in [1.807, 2.05) is 30.7 Å². The van der Waals surface area contributed by atoms with Gasteiger partial charge in [-0.1, -0.05) is 13.8 Å². The normalized spacial score (nSPS) is 13.6. The average molecular weight is 365 g/mol.